The summed E-state index contributed by atoms with van der Waals surface area (Å²) in [6, 6.07) is 14.5. The lowest BCUT2D eigenvalue weighted by atomic mass is 10.0. The second-order valence-electron chi connectivity index (χ2n) is 7.96. The SMILES string of the molecule is Cc1ccc(C)c(N2C(=O)NC(=O)/C(=C\c3ccc(OCc4ccc(Cl)cc4Cl)c(Cl)c3)C2=O)c1. The summed E-state index contributed by atoms with van der Waals surface area (Å²) in [6.07, 6.45) is 1.38. The number of imide groups is 2. The first-order chi connectivity index (χ1) is 16.6. The van der Waals surface area contributed by atoms with E-state index in [4.69, 9.17) is 39.5 Å². The monoisotopic (exact) mass is 528 g/mol. The zero-order chi connectivity index (χ0) is 25.3. The minimum Gasteiger partial charge on any atom is -0.487 e. The number of aryl methyl sites for hydroxylation is 2. The Morgan fingerprint density at radius 1 is 0.914 bits per heavy atom. The smallest absolute Gasteiger partial charge is 0.335 e. The molecule has 0 atom stereocenters. The van der Waals surface area contributed by atoms with E-state index in [0.717, 1.165) is 21.6 Å². The molecule has 0 unspecified atom stereocenters. The van der Waals surface area contributed by atoms with Crippen molar-refractivity contribution in [2.24, 2.45) is 0 Å². The number of hydrogen-bond donors (Lipinski definition) is 1. The molecule has 3 aromatic rings. The minimum atomic E-state index is -0.798. The summed E-state index contributed by atoms with van der Waals surface area (Å²) in [5, 5.41) is 3.50. The van der Waals surface area contributed by atoms with E-state index in [0.29, 0.717) is 27.0 Å². The van der Waals surface area contributed by atoms with Crippen molar-refractivity contribution in [3.63, 3.8) is 0 Å². The van der Waals surface area contributed by atoms with E-state index in [2.05, 4.69) is 5.32 Å². The van der Waals surface area contributed by atoms with Gasteiger partial charge in [0.15, 0.2) is 0 Å². The van der Waals surface area contributed by atoms with Crippen LogP contribution >= 0.6 is 34.8 Å². The van der Waals surface area contributed by atoms with Gasteiger partial charge in [-0.1, -0.05) is 59.1 Å². The number of barbiturate groups is 1. The van der Waals surface area contributed by atoms with E-state index in [1.807, 2.05) is 13.0 Å². The highest BCUT2D eigenvalue weighted by Crippen LogP contribution is 2.30. The van der Waals surface area contributed by atoms with Crippen LogP contribution in [0, 0.1) is 13.8 Å². The maximum absolute atomic E-state index is 13.2. The molecule has 35 heavy (non-hydrogen) atoms. The third kappa shape index (κ3) is 5.35. The van der Waals surface area contributed by atoms with Gasteiger partial charge in [0.1, 0.15) is 17.9 Å². The Bertz CT molecular complexity index is 1400. The lowest BCUT2D eigenvalue weighted by Gasteiger charge is -2.27. The molecule has 0 bridgehead atoms. The normalized spacial score (nSPS) is 14.9. The van der Waals surface area contributed by atoms with Gasteiger partial charge in [-0.25, -0.2) is 9.69 Å². The summed E-state index contributed by atoms with van der Waals surface area (Å²) in [7, 11) is 0. The topological polar surface area (TPSA) is 75.7 Å². The molecule has 1 N–H and O–H groups in total. The highest BCUT2D eigenvalue weighted by molar-refractivity contribution is 6.39. The Morgan fingerprint density at radius 3 is 2.40 bits per heavy atom. The second kappa shape index (κ2) is 10.1. The van der Waals surface area contributed by atoms with Gasteiger partial charge in [-0.15, -0.1) is 0 Å². The van der Waals surface area contributed by atoms with Crippen LogP contribution in [0.15, 0.2) is 60.2 Å². The number of halogens is 3. The van der Waals surface area contributed by atoms with Gasteiger partial charge < -0.3 is 4.74 Å². The third-order valence-corrected chi connectivity index (χ3v) is 6.25. The highest BCUT2D eigenvalue weighted by atomic mass is 35.5. The number of amides is 4. The van der Waals surface area contributed by atoms with Crippen molar-refractivity contribution in [1.29, 1.82) is 0 Å². The lowest BCUT2D eigenvalue weighted by molar-refractivity contribution is -0.122. The Balaban J connectivity index is 1.58. The van der Waals surface area contributed by atoms with Crippen LogP contribution < -0.4 is 15.0 Å². The largest absolute Gasteiger partial charge is 0.487 e. The fourth-order valence-corrected chi connectivity index (χ4v) is 4.23. The van der Waals surface area contributed by atoms with Gasteiger partial charge in [-0.05, 0) is 66.9 Å². The van der Waals surface area contributed by atoms with Crippen LogP contribution in [0.3, 0.4) is 0 Å². The fourth-order valence-electron chi connectivity index (χ4n) is 3.52. The van der Waals surface area contributed by atoms with Crippen molar-refractivity contribution >= 4 is 64.4 Å². The molecule has 178 valence electrons. The quantitative estimate of drug-likeness (QED) is 0.302. The van der Waals surface area contributed by atoms with Crippen LogP contribution in [0.2, 0.25) is 15.1 Å². The van der Waals surface area contributed by atoms with Crippen molar-refractivity contribution in [2.75, 3.05) is 4.90 Å². The average Bonchev–Trinajstić information content (AvgIpc) is 2.79. The molecule has 1 aliphatic heterocycles. The molecule has 0 aromatic heterocycles. The van der Waals surface area contributed by atoms with Gasteiger partial charge in [0.2, 0.25) is 0 Å². The zero-order valence-corrected chi connectivity index (χ0v) is 21.0. The maximum Gasteiger partial charge on any atom is 0.335 e. The van der Waals surface area contributed by atoms with Gasteiger partial charge >= 0.3 is 6.03 Å². The molecule has 9 heteroatoms. The number of nitrogens with one attached hydrogen (secondary N) is 1. The molecule has 1 heterocycles. The number of benzene rings is 3. The predicted octanol–water partition coefficient (Wildman–Crippen LogP) is 6.51. The van der Waals surface area contributed by atoms with Gasteiger partial charge in [0.25, 0.3) is 11.8 Å². The molecule has 0 aliphatic carbocycles. The number of anilines is 1. The maximum atomic E-state index is 13.2. The first-order valence-corrected chi connectivity index (χ1v) is 11.6. The van der Waals surface area contributed by atoms with Crippen molar-refractivity contribution in [3.8, 4) is 5.75 Å². The molecule has 0 saturated carbocycles. The number of carbonyl (C=O) groups is 3. The number of rotatable bonds is 5. The second-order valence-corrected chi connectivity index (χ2v) is 9.21. The Kier molecular flexibility index (Phi) is 7.17. The molecule has 1 saturated heterocycles. The Hall–Kier alpha value is -3.32. The molecule has 0 spiro atoms. The van der Waals surface area contributed by atoms with Gasteiger partial charge in [-0.3, -0.25) is 14.9 Å². The number of ether oxygens (including phenoxy) is 1. The zero-order valence-electron chi connectivity index (χ0n) is 18.7. The van der Waals surface area contributed by atoms with Crippen LogP contribution in [0.5, 0.6) is 5.75 Å². The number of urea groups is 1. The molecule has 1 fully saturated rings. The Labute approximate surface area is 217 Å². The molecular weight excluding hydrogens is 511 g/mol. The predicted molar refractivity (Wildman–Crippen MR) is 137 cm³/mol. The summed E-state index contributed by atoms with van der Waals surface area (Å²) < 4.78 is 5.76. The Morgan fingerprint density at radius 2 is 1.69 bits per heavy atom. The van der Waals surface area contributed by atoms with E-state index >= 15 is 0 Å². The highest BCUT2D eigenvalue weighted by Gasteiger charge is 2.37. The van der Waals surface area contributed by atoms with Crippen molar-refractivity contribution in [1.82, 2.24) is 5.32 Å². The first kappa shape index (κ1) is 24.8. The van der Waals surface area contributed by atoms with Gasteiger partial charge in [0, 0.05) is 15.6 Å². The van der Waals surface area contributed by atoms with Crippen molar-refractivity contribution < 1.29 is 19.1 Å². The van der Waals surface area contributed by atoms with Crippen molar-refractivity contribution in [3.05, 3.63) is 97.5 Å². The summed E-state index contributed by atoms with van der Waals surface area (Å²) in [5.41, 5.74) is 3.03. The number of nitrogens with zero attached hydrogens (tertiary/aromatic N) is 1. The van der Waals surface area contributed by atoms with Crippen LogP contribution in [0.1, 0.15) is 22.3 Å². The number of hydrogen-bond acceptors (Lipinski definition) is 4. The fraction of sp³-hybridized carbons (Fsp3) is 0.115. The van der Waals surface area contributed by atoms with Crippen molar-refractivity contribution in [2.45, 2.75) is 20.5 Å². The third-order valence-electron chi connectivity index (χ3n) is 5.37. The molecule has 1 aliphatic rings. The van der Waals surface area contributed by atoms with E-state index in [1.165, 1.54) is 6.08 Å². The van der Waals surface area contributed by atoms with E-state index in [1.54, 1.807) is 55.5 Å². The first-order valence-electron chi connectivity index (χ1n) is 10.5. The van der Waals surface area contributed by atoms with Crippen LogP contribution in [-0.2, 0) is 16.2 Å². The average molecular weight is 530 g/mol. The molecule has 6 nitrogen and oxygen atoms in total. The minimum absolute atomic E-state index is 0.171. The summed E-state index contributed by atoms with van der Waals surface area (Å²) in [4.78, 5) is 39.1. The lowest BCUT2D eigenvalue weighted by Crippen LogP contribution is -2.54. The van der Waals surface area contributed by atoms with Crippen LogP contribution in [0.25, 0.3) is 6.08 Å². The number of carbonyl (C=O) groups excluding carboxylic acids is 3. The van der Waals surface area contributed by atoms with Gasteiger partial charge in [-0.2, -0.15) is 0 Å². The molecule has 4 rings (SSSR count). The summed E-state index contributed by atoms with van der Waals surface area (Å²) >= 11 is 18.5. The summed E-state index contributed by atoms with van der Waals surface area (Å²) in [5.74, 6) is -1.11. The molecule has 0 radical (unpaired) electrons. The molecule has 3 aromatic carbocycles. The standard InChI is InChI=1S/C26H19Cl3N2O4/c1-14-3-4-15(2)22(9-14)31-25(33)19(24(32)30-26(31)34)10-16-5-8-23(21(29)11-16)35-13-17-6-7-18(27)12-20(17)28/h3-12H,13H2,1-2H3,(H,30,32,34)/b19-10+. The van der Waals surface area contributed by atoms with Crippen LogP contribution in [-0.4, -0.2) is 17.8 Å². The van der Waals surface area contributed by atoms with Crippen LogP contribution in [0.4, 0.5) is 10.5 Å². The van der Waals surface area contributed by atoms with E-state index < -0.39 is 17.8 Å². The molecular formula is C26H19Cl3N2O4. The van der Waals surface area contributed by atoms with E-state index in [9.17, 15) is 14.4 Å². The molecule has 4 amide bonds. The van der Waals surface area contributed by atoms with Gasteiger partial charge in [0.05, 0.1) is 10.7 Å². The summed E-state index contributed by atoms with van der Waals surface area (Å²) in [6.45, 7) is 3.80. The van der Waals surface area contributed by atoms with E-state index in [-0.39, 0.29) is 17.2 Å².